The van der Waals surface area contributed by atoms with Gasteiger partial charge in [-0.05, 0) is 37.8 Å². The van der Waals surface area contributed by atoms with Crippen LogP contribution in [0.25, 0.3) is 6.08 Å². The van der Waals surface area contributed by atoms with Crippen LogP contribution in [0.1, 0.15) is 36.8 Å². The van der Waals surface area contributed by atoms with Crippen LogP contribution in [-0.2, 0) is 14.3 Å². The molecule has 0 saturated carbocycles. The van der Waals surface area contributed by atoms with E-state index in [2.05, 4.69) is 0 Å². The summed E-state index contributed by atoms with van der Waals surface area (Å²) in [5, 5.41) is 0. The maximum atomic E-state index is 12.4. The Hall–Kier alpha value is -2.10. The van der Waals surface area contributed by atoms with Crippen LogP contribution in [0.5, 0.6) is 0 Å². The van der Waals surface area contributed by atoms with E-state index in [4.69, 9.17) is 4.74 Å². The zero-order chi connectivity index (χ0) is 15.9. The van der Waals surface area contributed by atoms with Gasteiger partial charge in [0.1, 0.15) is 0 Å². The molecule has 0 radical (unpaired) electrons. The molecule has 1 amide bonds. The average molecular weight is 301 g/mol. The van der Waals surface area contributed by atoms with Gasteiger partial charge >= 0.3 is 5.97 Å². The van der Waals surface area contributed by atoms with Gasteiger partial charge in [0.05, 0.1) is 13.5 Å². The fourth-order valence-electron chi connectivity index (χ4n) is 2.82. The maximum Gasteiger partial charge on any atom is 0.307 e. The summed E-state index contributed by atoms with van der Waals surface area (Å²) in [4.78, 5) is 25.7. The molecule has 0 bridgehead atoms. The Labute approximate surface area is 131 Å². The molecular weight excluding hydrogens is 278 g/mol. The number of aryl methyl sites for hydroxylation is 1. The van der Waals surface area contributed by atoms with Crippen molar-refractivity contribution in [3.63, 3.8) is 0 Å². The molecule has 1 atom stereocenters. The molecular formula is C18H23NO3. The average Bonchev–Trinajstić information content (AvgIpc) is 2.53. The van der Waals surface area contributed by atoms with Gasteiger partial charge in [-0.25, -0.2) is 0 Å². The van der Waals surface area contributed by atoms with Crippen molar-refractivity contribution in [2.24, 2.45) is 0 Å². The van der Waals surface area contributed by atoms with Gasteiger partial charge in [0.2, 0.25) is 5.91 Å². The normalized spacial score (nSPS) is 18.5. The van der Waals surface area contributed by atoms with Crippen LogP contribution in [0.15, 0.2) is 30.3 Å². The van der Waals surface area contributed by atoms with Gasteiger partial charge in [-0.3, -0.25) is 9.59 Å². The highest BCUT2D eigenvalue weighted by Crippen LogP contribution is 2.21. The predicted octanol–water partition coefficient (Wildman–Crippen LogP) is 2.95. The number of carbonyl (C=O) groups excluding carboxylic acids is 2. The number of nitrogens with zero attached hydrogens (tertiary/aromatic N) is 1. The first-order valence-electron chi connectivity index (χ1n) is 7.72. The molecule has 1 aromatic rings. The summed E-state index contributed by atoms with van der Waals surface area (Å²) in [7, 11) is 1.38. The number of likely N-dealkylation sites (tertiary alicyclic amines) is 1. The number of hydrogen-bond donors (Lipinski definition) is 0. The number of piperidine rings is 1. The number of esters is 1. The summed E-state index contributed by atoms with van der Waals surface area (Å²) in [6.45, 7) is 2.73. The highest BCUT2D eigenvalue weighted by atomic mass is 16.5. The second-order valence-electron chi connectivity index (χ2n) is 5.71. The quantitative estimate of drug-likeness (QED) is 0.634. The van der Waals surface area contributed by atoms with Crippen molar-refractivity contribution in [1.29, 1.82) is 0 Å². The second kappa shape index (κ2) is 7.78. The Morgan fingerprint density at radius 3 is 2.91 bits per heavy atom. The molecule has 0 spiro atoms. The Morgan fingerprint density at radius 2 is 2.18 bits per heavy atom. The fraction of sp³-hybridized carbons (Fsp3) is 0.444. The molecule has 1 fully saturated rings. The zero-order valence-corrected chi connectivity index (χ0v) is 13.2. The van der Waals surface area contributed by atoms with Gasteiger partial charge < -0.3 is 9.64 Å². The number of rotatable bonds is 4. The molecule has 22 heavy (non-hydrogen) atoms. The van der Waals surface area contributed by atoms with Gasteiger partial charge in [0, 0.05) is 18.7 Å². The van der Waals surface area contributed by atoms with E-state index in [0.717, 1.165) is 30.4 Å². The monoisotopic (exact) mass is 301 g/mol. The molecule has 0 aliphatic carbocycles. The van der Waals surface area contributed by atoms with Crippen LogP contribution < -0.4 is 0 Å². The number of methoxy groups -OCH3 is 1. The van der Waals surface area contributed by atoms with Crippen LogP contribution in [0.2, 0.25) is 0 Å². The van der Waals surface area contributed by atoms with Gasteiger partial charge in [-0.15, -0.1) is 0 Å². The second-order valence-corrected chi connectivity index (χ2v) is 5.71. The highest BCUT2D eigenvalue weighted by molar-refractivity contribution is 5.92. The molecule has 4 heteroatoms. The summed E-state index contributed by atoms with van der Waals surface area (Å²) in [5.74, 6) is -0.289. The highest BCUT2D eigenvalue weighted by Gasteiger charge is 2.27. The summed E-state index contributed by atoms with van der Waals surface area (Å²) in [5.41, 5.74) is 2.17. The lowest BCUT2D eigenvalue weighted by Gasteiger charge is -2.34. The van der Waals surface area contributed by atoms with E-state index in [1.54, 1.807) is 11.0 Å². The predicted molar refractivity (Wildman–Crippen MR) is 86.2 cm³/mol. The van der Waals surface area contributed by atoms with Gasteiger partial charge in [-0.2, -0.15) is 0 Å². The SMILES string of the molecule is COC(=O)CC1CCCCN1C(=O)/C=C/c1cccc(C)c1. The van der Waals surface area contributed by atoms with Gasteiger partial charge in [-0.1, -0.05) is 29.8 Å². The maximum absolute atomic E-state index is 12.4. The lowest BCUT2D eigenvalue weighted by molar-refractivity contribution is -0.143. The number of amides is 1. The minimum Gasteiger partial charge on any atom is -0.469 e. The molecule has 1 aliphatic rings. The Kier molecular flexibility index (Phi) is 5.75. The van der Waals surface area contributed by atoms with Crippen LogP contribution in [0.3, 0.4) is 0 Å². The number of ether oxygens (including phenoxy) is 1. The minimum atomic E-state index is -0.257. The van der Waals surface area contributed by atoms with Gasteiger partial charge in [0.25, 0.3) is 0 Å². The summed E-state index contributed by atoms with van der Waals surface area (Å²) in [6, 6.07) is 7.96. The van der Waals surface area contributed by atoms with E-state index in [0.29, 0.717) is 6.54 Å². The van der Waals surface area contributed by atoms with E-state index < -0.39 is 0 Å². The van der Waals surface area contributed by atoms with Crippen LogP contribution in [0, 0.1) is 6.92 Å². The molecule has 1 heterocycles. The van der Waals surface area contributed by atoms with Crippen LogP contribution in [0.4, 0.5) is 0 Å². The molecule has 2 rings (SSSR count). The van der Waals surface area contributed by atoms with E-state index in [1.165, 1.54) is 7.11 Å². The van der Waals surface area contributed by atoms with Crippen molar-refractivity contribution >= 4 is 18.0 Å². The smallest absolute Gasteiger partial charge is 0.307 e. The molecule has 1 aromatic carbocycles. The standard InChI is InChI=1S/C18H23NO3/c1-14-6-5-7-15(12-14)9-10-17(20)19-11-4-3-8-16(19)13-18(21)22-2/h5-7,9-10,12,16H,3-4,8,11,13H2,1-2H3/b10-9+. The first-order valence-corrected chi connectivity index (χ1v) is 7.72. The summed E-state index contributed by atoms with van der Waals surface area (Å²) >= 11 is 0. The van der Waals surface area contributed by atoms with Crippen molar-refractivity contribution < 1.29 is 14.3 Å². The summed E-state index contributed by atoms with van der Waals surface area (Å²) < 4.78 is 4.73. The molecule has 1 unspecified atom stereocenters. The zero-order valence-electron chi connectivity index (χ0n) is 13.2. The number of carbonyl (C=O) groups is 2. The van der Waals surface area contributed by atoms with E-state index in [1.807, 2.05) is 37.3 Å². The molecule has 1 aliphatic heterocycles. The third-order valence-electron chi connectivity index (χ3n) is 4.00. The Bertz CT molecular complexity index is 565. The van der Waals surface area contributed by atoms with Crippen molar-refractivity contribution in [2.75, 3.05) is 13.7 Å². The molecule has 0 N–H and O–H groups in total. The third kappa shape index (κ3) is 4.45. The molecule has 4 nitrogen and oxygen atoms in total. The molecule has 1 saturated heterocycles. The Morgan fingerprint density at radius 1 is 1.36 bits per heavy atom. The number of hydrogen-bond acceptors (Lipinski definition) is 3. The fourth-order valence-corrected chi connectivity index (χ4v) is 2.82. The molecule has 118 valence electrons. The first kappa shape index (κ1) is 16.3. The minimum absolute atomic E-state index is 0.0323. The largest absolute Gasteiger partial charge is 0.469 e. The van der Waals surface area contributed by atoms with E-state index in [9.17, 15) is 9.59 Å². The third-order valence-corrected chi connectivity index (χ3v) is 4.00. The van der Waals surface area contributed by atoms with Crippen molar-refractivity contribution in [3.8, 4) is 0 Å². The number of benzene rings is 1. The lowest BCUT2D eigenvalue weighted by atomic mass is 9.99. The van der Waals surface area contributed by atoms with Crippen molar-refractivity contribution in [2.45, 2.75) is 38.6 Å². The summed E-state index contributed by atoms with van der Waals surface area (Å²) in [6.07, 6.45) is 6.61. The Balaban J connectivity index is 2.03. The van der Waals surface area contributed by atoms with Crippen molar-refractivity contribution in [1.82, 2.24) is 4.90 Å². The van der Waals surface area contributed by atoms with Gasteiger partial charge in [0.15, 0.2) is 0 Å². The molecule has 0 aromatic heterocycles. The van der Waals surface area contributed by atoms with E-state index >= 15 is 0 Å². The van der Waals surface area contributed by atoms with E-state index in [-0.39, 0.29) is 24.3 Å². The first-order chi connectivity index (χ1) is 10.6. The lowest BCUT2D eigenvalue weighted by Crippen LogP contribution is -2.44. The van der Waals surface area contributed by atoms with Crippen LogP contribution >= 0.6 is 0 Å². The topological polar surface area (TPSA) is 46.6 Å². The van der Waals surface area contributed by atoms with Crippen LogP contribution in [-0.4, -0.2) is 36.5 Å². The van der Waals surface area contributed by atoms with Crippen molar-refractivity contribution in [3.05, 3.63) is 41.5 Å².